The zero-order chi connectivity index (χ0) is 14.0. The summed E-state index contributed by atoms with van der Waals surface area (Å²) in [4.78, 5) is 22.9. The van der Waals surface area contributed by atoms with E-state index in [1.165, 1.54) is 0 Å². The van der Waals surface area contributed by atoms with Crippen LogP contribution in [0.5, 0.6) is 0 Å². The number of carboxylic acid groups (broad SMARTS) is 1. The van der Waals surface area contributed by atoms with Gasteiger partial charge in [-0.1, -0.05) is 13.8 Å². The SMILES string of the molecule is CCC(CC)(CC(=O)NCCCCCO)C(=O)O. The Balaban J connectivity index is 4.08. The van der Waals surface area contributed by atoms with Gasteiger partial charge in [-0.05, 0) is 32.1 Å². The lowest BCUT2D eigenvalue weighted by atomic mass is 9.79. The molecule has 0 aromatic heterocycles. The molecule has 0 aromatic carbocycles. The summed E-state index contributed by atoms with van der Waals surface area (Å²) in [5.41, 5.74) is -0.935. The molecular formula is C13H25NO4. The van der Waals surface area contributed by atoms with Crippen molar-refractivity contribution in [3.63, 3.8) is 0 Å². The zero-order valence-electron chi connectivity index (χ0n) is 11.4. The first kappa shape index (κ1) is 16.9. The van der Waals surface area contributed by atoms with E-state index >= 15 is 0 Å². The fourth-order valence-electron chi connectivity index (χ4n) is 1.89. The van der Waals surface area contributed by atoms with E-state index < -0.39 is 11.4 Å². The average molecular weight is 259 g/mol. The Morgan fingerprint density at radius 1 is 1.11 bits per heavy atom. The van der Waals surface area contributed by atoms with Gasteiger partial charge in [0.15, 0.2) is 0 Å². The first-order valence-electron chi connectivity index (χ1n) is 6.63. The molecule has 0 atom stereocenters. The number of carbonyl (C=O) groups excluding carboxylic acids is 1. The minimum absolute atomic E-state index is 0.0370. The van der Waals surface area contributed by atoms with Crippen LogP contribution in [0.15, 0.2) is 0 Å². The number of hydrogen-bond acceptors (Lipinski definition) is 3. The van der Waals surface area contributed by atoms with E-state index in [0.717, 1.165) is 19.3 Å². The van der Waals surface area contributed by atoms with Gasteiger partial charge in [0.1, 0.15) is 0 Å². The fraction of sp³-hybridized carbons (Fsp3) is 0.846. The van der Waals surface area contributed by atoms with Gasteiger partial charge >= 0.3 is 5.97 Å². The van der Waals surface area contributed by atoms with E-state index in [4.69, 9.17) is 5.11 Å². The molecule has 0 radical (unpaired) electrons. The maximum absolute atomic E-state index is 11.7. The molecule has 0 aromatic rings. The summed E-state index contributed by atoms with van der Waals surface area (Å²) >= 11 is 0. The van der Waals surface area contributed by atoms with E-state index in [-0.39, 0.29) is 18.9 Å². The van der Waals surface area contributed by atoms with E-state index in [2.05, 4.69) is 5.32 Å². The Bertz CT molecular complexity index is 262. The largest absolute Gasteiger partial charge is 0.481 e. The van der Waals surface area contributed by atoms with Crippen LogP contribution in [0.25, 0.3) is 0 Å². The molecule has 0 fully saturated rings. The first-order valence-corrected chi connectivity index (χ1v) is 6.63. The van der Waals surface area contributed by atoms with Gasteiger partial charge in [-0.3, -0.25) is 9.59 Å². The maximum Gasteiger partial charge on any atom is 0.310 e. The lowest BCUT2D eigenvalue weighted by Crippen LogP contribution is -2.37. The lowest BCUT2D eigenvalue weighted by Gasteiger charge is -2.25. The Morgan fingerprint density at radius 3 is 2.17 bits per heavy atom. The second kappa shape index (κ2) is 8.91. The monoisotopic (exact) mass is 259 g/mol. The van der Waals surface area contributed by atoms with Crippen LogP contribution in [0, 0.1) is 5.41 Å². The van der Waals surface area contributed by atoms with Gasteiger partial charge in [-0.2, -0.15) is 0 Å². The molecule has 0 aliphatic heterocycles. The molecule has 106 valence electrons. The molecule has 0 aliphatic carbocycles. The van der Waals surface area contributed by atoms with Crippen molar-refractivity contribution in [2.45, 2.75) is 52.4 Å². The molecule has 0 heterocycles. The van der Waals surface area contributed by atoms with Crippen LogP contribution < -0.4 is 5.32 Å². The zero-order valence-corrected chi connectivity index (χ0v) is 11.4. The van der Waals surface area contributed by atoms with Gasteiger partial charge in [0.25, 0.3) is 0 Å². The van der Waals surface area contributed by atoms with Crippen LogP contribution in [0.4, 0.5) is 0 Å². The Morgan fingerprint density at radius 2 is 1.72 bits per heavy atom. The minimum Gasteiger partial charge on any atom is -0.481 e. The summed E-state index contributed by atoms with van der Waals surface area (Å²) < 4.78 is 0. The first-order chi connectivity index (χ1) is 8.52. The summed E-state index contributed by atoms with van der Waals surface area (Å²) in [6, 6.07) is 0. The number of unbranched alkanes of at least 4 members (excludes halogenated alkanes) is 2. The van der Waals surface area contributed by atoms with Gasteiger partial charge in [-0.15, -0.1) is 0 Å². The third-order valence-corrected chi connectivity index (χ3v) is 3.46. The molecule has 1 amide bonds. The number of amides is 1. The lowest BCUT2D eigenvalue weighted by molar-refractivity contribution is -0.152. The van der Waals surface area contributed by atoms with Crippen molar-refractivity contribution >= 4 is 11.9 Å². The molecule has 3 N–H and O–H groups in total. The van der Waals surface area contributed by atoms with Gasteiger partial charge in [-0.25, -0.2) is 0 Å². The predicted octanol–water partition coefficient (Wildman–Crippen LogP) is 1.55. The maximum atomic E-state index is 11.7. The normalized spacial score (nSPS) is 11.3. The van der Waals surface area contributed by atoms with Crippen LogP contribution in [0.2, 0.25) is 0 Å². The molecule has 18 heavy (non-hydrogen) atoms. The van der Waals surface area contributed by atoms with Crippen molar-refractivity contribution in [2.75, 3.05) is 13.2 Å². The molecule has 0 unspecified atom stereocenters. The average Bonchev–Trinajstić information content (AvgIpc) is 2.35. The minimum atomic E-state index is -0.935. The second-order valence-corrected chi connectivity index (χ2v) is 4.60. The molecule has 0 saturated carbocycles. The van der Waals surface area contributed by atoms with Crippen molar-refractivity contribution in [1.82, 2.24) is 5.32 Å². The smallest absolute Gasteiger partial charge is 0.310 e. The third kappa shape index (κ3) is 5.49. The number of carbonyl (C=O) groups is 2. The van der Waals surface area contributed by atoms with E-state index in [0.29, 0.717) is 19.4 Å². The number of aliphatic carboxylic acids is 1. The quantitative estimate of drug-likeness (QED) is 0.519. The van der Waals surface area contributed by atoms with Crippen LogP contribution in [-0.2, 0) is 9.59 Å². The van der Waals surface area contributed by atoms with Crippen molar-refractivity contribution in [2.24, 2.45) is 5.41 Å². The fourth-order valence-corrected chi connectivity index (χ4v) is 1.89. The number of hydrogen-bond donors (Lipinski definition) is 3. The van der Waals surface area contributed by atoms with Crippen LogP contribution >= 0.6 is 0 Å². The molecule has 0 aliphatic rings. The molecule has 0 bridgehead atoms. The highest BCUT2D eigenvalue weighted by Crippen LogP contribution is 2.30. The Labute approximate surface area is 109 Å². The summed E-state index contributed by atoms with van der Waals surface area (Å²) in [7, 11) is 0. The Kier molecular flexibility index (Phi) is 8.37. The summed E-state index contributed by atoms with van der Waals surface area (Å²) in [6.07, 6.45) is 3.36. The predicted molar refractivity (Wildman–Crippen MR) is 69.2 cm³/mol. The standard InChI is InChI=1S/C13H25NO4/c1-3-13(4-2,12(17)18)10-11(16)14-8-6-5-7-9-15/h15H,3-10H2,1-2H3,(H,14,16)(H,17,18). The number of carboxylic acids is 1. The van der Waals surface area contributed by atoms with Gasteiger partial charge in [0.05, 0.1) is 5.41 Å². The molecule has 0 rings (SSSR count). The van der Waals surface area contributed by atoms with Crippen LogP contribution in [0.1, 0.15) is 52.4 Å². The Hall–Kier alpha value is -1.10. The second-order valence-electron chi connectivity index (χ2n) is 4.60. The van der Waals surface area contributed by atoms with Crippen molar-refractivity contribution in [1.29, 1.82) is 0 Å². The van der Waals surface area contributed by atoms with E-state index in [9.17, 15) is 14.7 Å². The highest BCUT2D eigenvalue weighted by atomic mass is 16.4. The molecule has 5 nitrogen and oxygen atoms in total. The van der Waals surface area contributed by atoms with Gasteiger partial charge in [0, 0.05) is 19.6 Å². The van der Waals surface area contributed by atoms with Crippen LogP contribution in [0.3, 0.4) is 0 Å². The van der Waals surface area contributed by atoms with E-state index in [1.807, 2.05) is 0 Å². The molecular weight excluding hydrogens is 234 g/mol. The summed E-state index contributed by atoms with van der Waals surface area (Å²) in [5, 5.41) is 20.5. The third-order valence-electron chi connectivity index (χ3n) is 3.46. The number of nitrogens with one attached hydrogen (secondary N) is 1. The number of aliphatic hydroxyl groups excluding tert-OH is 1. The van der Waals surface area contributed by atoms with Crippen molar-refractivity contribution in [3.8, 4) is 0 Å². The molecule has 0 saturated heterocycles. The highest BCUT2D eigenvalue weighted by Gasteiger charge is 2.36. The summed E-state index contributed by atoms with van der Waals surface area (Å²) in [6.45, 7) is 4.31. The molecule has 0 spiro atoms. The number of rotatable bonds is 10. The molecule has 5 heteroatoms. The topological polar surface area (TPSA) is 86.6 Å². The van der Waals surface area contributed by atoms with Gasteiger partial charge < -0.3 is 15.5 Å². The highest BCUT2D eigenvalue weighted by molar-refractivity contribution is 5.84. The van der Waals surface area contributed by atoms with Crippen molar-refractivity contribution < 1.29 is 19.8 Å². The van der Waals surface area contributed by atoms with E-state index in [1.54, 1.807) is 13.8 Å². The van der Waals surface area contributed by atoms with Gasteiger partial charge in [0.2, 0.25) is 5.91 Å². The van der Waals surface area contributed by atoms with Crippen LogP contribution in [-0.4, -0.2) is 35.2 Å². The number of aliphatic hydroxyl groups is 1. The summed E-state index contributed by atoms with van der Waals surface area (Å²) in [5.74, 6) is -1.10. The van der Waals surface area contributed by atoms with Crippen molar-refractivity contribution in [3.05, 3.63) is 0 Å².